The molecule has 20 heavy (non-hydrogen) atoms. The smallest absolute Gasteiger partial charge is 0.130 e. The Labute approximate surface area is 120 Å². The lowest BCUT2D eigenvalue weighted by Gasteiger charge is -2.54. The van der Waals surface area contributed by atoms with Crippen LogP contribution in [0.5, 0.6) is 0 Å². The van der Waals surface area contributed by atoms with Crippen molar-refractivity contribution in [2.24, 2.45) is 11.8 Å². The number of hydrogen-bond acceptors (Lipinski definition) is 4. The number of hydrogen-bond donors (Lipinski definition) is 1. The molecule has 1 aromatic rings. The fraction of sp³-hybridized carbons (Fsp3) is 0.750. The summed E-state index contributed by atoms with van der Waals surface area (Å²) in [5, 5.41) is 0. The van der Waals surface area contributed by atoms with Gasteiger partial charge in [-0.1, -0.05) is 13.8 Å². The third kappa shape index (κ3) is 1.70. The molecular weight excluding hydrogens is 248 g/mol. The molecule has 1 unspecified atom stereocenters. The summed E-state index contributed by atoms with van der Waals surface area (Å²) in [4.78, 5) is 11.5. The van der Waals surface area contributed by atoms with Crippen LogP contribution >= 0.6 is 0 Å². The second kappa shape index (κ2) is 4.17. The maximum absolute atomic E-state index is 6.18. The van der Waals surface area contributed by atoms with Gasteiger partial charge in [-0.25, -0.2) is 9.97 Å². The van der Waals surface area contributed by atoms with Gasteiger partial charge in [0.2, 0.25) is 0 Å². The van der Waals surface area contributed by atoms with Crippen molar-refractivity contribution >= 4 is 5.82 Å². The fourth-order valence-corrected chi connectivity index (χ4v) is 4.44. The van der Waals surface area contributed by atoms with Crippen molar-refractivity contribution in [2.45, 2.75) is 51.0 Å². The van der Waals surface area contributed by atoms with Crippen molar-refractivity contribution in [3.63, 3.8) is 0 Å². The highest BCUT2D eigenvalue weighted by Gasteiger charge is 2.50. The molecule has 1 aromatic heterocycles. The highest BCUT2D eigenvalue weighted by atomic mass is 15.2. The van der Waals surface area contributed by atoms with E-state index in [1.807, 2.05) is 0 Å². The molecule has 2 bridgehead atoms. The molecule has 4 nitrogen and oxygen atoms in total. The van der Waals surface area contributed by atoms with E-state index in [9.17, 15) is 0 Å². The van der Waals surface area contributed by atoms with E-state index in [0.717, 1.165) is 12.3 Å². The average molecular weight is 272 g/mol. The van der Waals surface area contributed by atoms with Gasteiger partial charge >= 0.3 is 0 Å². The summed E-state index contributed by atoms with van der Waals surface area (Å²) in [6.07, 6.45) is 6.73. The SMILES string of the molecule is C[C@H]1C2Cc3ncnc(N)c3[C@@]1(C)CCN2CC1CC1. The van der Waals surface area contributed by atoms with Gasteiger partial charge in [0.05, 0.1) is 5.69 Å². The summed E-state index contributed by atoms with van der Waals surface area (Å²) >= 11 is 0. The highest BCUT2D eigenvalue weighted by molar-refractivity contribution is 5.50. The first-order valence-corrected chi connectivity index (χ1v) is 7.93. The van der Waals surface area contributed by atoms with Crippen molar-refractivity contribution < 1.29 is 0 Å². The van der Waals surface area contributed by atoms with E-state index in [1.165, 1.54) is 43.6 Å². The Morgan fingerprint density at radius 2 is 2.20 bits per heavy atom. The first-order valence-electron chi connectivity index (χ1n) is 7.93. The van der Waals surface area contributed by atoms with E-state index in [-0.39, 0.29) is 5.41 Å². The Kier molecular flexibility index (Phi) is 2.62. The third-order valence-corrected chi connectivity index (χ3v) is 6.09. The fourth-order valence-electron chi connectivity index (χ4n) is 4.44. The Morgan fingerprint density at radius 3 is 2.95 bits per heavy atom. The van der Waals surface area contributed by atoms with E-state index >= 15 is 0 Å². The number of piperidine rings is 1. The molecule has 0 spiro atoms. The third-order valence-electron chi connectivity index (χ3n) is 6.09. The van der Waals surface area contributed by atoms with Crippen LogP contribution in [0.1, 0.15) is 44.4 Å². The Balaban J connectivity index is 1.74. The molecule has 3 atom stereocenters. The molecule has 4 heteroatoms. The Morgan fingerprint density at radius 1 is 1.40 bits per heavy atom. The largest absolute Gasteiger partial charge is 0.383 e. The lowest BCUT2D eigenvalue weighted by atomic mass is 9.60. The highest BCUT2D eigenvalue weighted by Crippen LogP contribution is 2.50. The lowest BCUT2D eigenvalue weighted by molar-refractivity contribution is 0.0274. The van der Waals surface area contributed by atoms with Crippen LogP contribution in [-0.2, 0) is 11.8 Å². The van der Waals surface area contributed by atoms with Crippen molar-refractivity contribution in [3.8, 4) is 0 Å². The molecule has 4 rings (SSSR count). The molecule has 1 saturated heterocycles. The minimum Gasteiger partial charge on any atom is -0.383 e. The van der Waals surface area contributed by atoms with Gasteiger partial charge in [0, 0.05) is 30.0 Å². The van der Waals surface area contributed by atoms with Crippen LogP contribution in [0, 0.1) is 11.8 Å². The molecule has 2 heterocycles. The predicted molar refractivity (Wildman–Crippen MR) is 79.4 cm³/mol. The van der Waals surface area contributed by atoms with Crippen LogP contribution in [0.4, 0.5) is 5.82 Å². The van der Waals surface area contributed by atoms with E-state index in [4.69, 9.17) is 5.73 Å². The summed E-state index contributed by atoms with van der Waals surface area (Å²) in [6.45, 7) is 7.27. The van der Waals surface area contributed by atoms with Gasteiger partial charge in [-0.05, 0) is 37.6 Å². The minimum atomic E-state index is 0.156. The number of rotatable bonds is 2. The summed E-state index contributed by atoms with van der Waals surface area (Å²) in [6, 6.07) is 0.635. The average Bonchev–Trinajstić information content (AvgIpc) is 3.21. The van der Waals surface area contributed by atoms with Gasteiger partial charge in [0.15, 0.2) is 0 Å². The quantitative estimate of drug-likeness (QED) is 0.894. The van der Waals surface area contributed by atoms with Crippen LogP contribution in [0.15, 0.2) is 6.33 Å². The van der Waals surface area contributed by atoms with Crippen LogP contribution in [-0.4, -0.2) is 34.0 Å². The maximum atomic E-state index is 6.18. The van der Waals surface area contributed by atoms with Crippen LogP contribution in [0.3, 0.4) is 0 Å². The number of anilines is 1. The molecule has 3 aliphatic rings. The molecule has 2 aliphatic carbocycles. The van der Waals surface area contributed by atoms with E-state index < -0.39 is 0 Å². The van der Waals surface area contributed by atoms with Gasteiger partial charge in [-0.3, -0.25) is 4.90 Å². The van der Waals surface area contributed by atoms with Crippen molar-refractivity contribution in [2.75, 3.05) is 18.8 Å². The van der Waals surface area contributed by atoms with Crippen LogP contribution < -0.4 is 5.73 Å². The molecule has 0 radical (unpaired) electrons. The summed E-state index contributed by atoms with van der Waals surface area (Å²) < 4.78 is 0. The summed E-state index contributed by atoms with van der Waals surface area (Å²) in [7, 11) is 0. The number of nitrogen functional groups attached to an aromatic ring is 1. The van der Waals surface area contributed by atoms with Gasteiger partial charge in [-0.15, -0.1) is 0 Å². The topological polar surface area (TPSA) is 55.0 Å². The van der Waals surface area contributed by atoms with Crippen molar-refractivity contribution in [1.29, 1.82) is 0 Å². The normalized spacial score (nSPS) is 36.7. The molecule has 0 amide bonds. The van der Waals surface area contributed by atoms with E-state index in [2.05, 4.69) is 28.7 Å². The Hall–Kier alpha value is -1.16. The minimum absolute atomic E-state index is 0.156. The Bertz CT molecular complexity index is 539. The number of aromatic nitrogens is 2. The van der Waals surface area contributed by atoms with Crippen molar-refractivity contribution in [1.82, 2.24) is 14.9 Å². The second-order valence-electron chi connectivity index (χ2n) is 7.25. The van der Waals surface area contributed by atoms with Gasteiger partial charge < -0.3 is 5.73 Å². The summed E-state index contributed by atoms with van der Waals surface area (Å²) in [5.74, 6) is 2.30. The number of nitrogens with zero attached hydrogens (tertiary/aromatic N) is 3. The molecule has 1 aliphatic heterocycles. The predicted octanol–water partition coefficient (Wildman–Crippen LogP) is 1.99. The number of fused-ring (bicyclic) bond motifs is 4. The standard InChI is InChI=1S/C16H24N4/c1-10-13-7-12-14(15(17)19-9-18-12)16(10,2)5-6-20(13)8-11-3-4-11/h9-11,13H,3-8H2,1-2H3,(H2,17,18,19)/t10-,13?,16-/m0/s1. The van der Waals surface area contributed by atoms with E-state index in [1.54, 1.807) is 6.33 Å². The zero-order valence-electron chi connectivity index (χ0n) is 12.5. The number of likely N-dealkylation sites (tertiary alicyclic amines) is 1. The monoisotopic (exact) mass is 272 g/mol. The van der Waals surface area contributed by atoms with Crippen LogP contribution in [0.2, 0.25) is 0 Å². The molecule has 0 aromatic carbocycles. The van der Waals surface area contributed by atoms with Crippen molar-refractivity contribution in [3.05, 3.63) is 17.6 Å². The van der Waals surface area contributed by atoms with Gasteiger partial charge in [-0.2, -0.15) is 0 Å². The molecule has 2 N–H and O–H groups in total. The molecular formula is C16H24N4. The zero-order valence-corrected chi connectivity index (χ0v) is 12.5. The second-order valence-corrected chi connectivity index (χ2v) is 7.25. The molecule has 1 saturated carbocycles. The summed E-state index contributed by atoms with van der Waals surface area (Å²) in [5.41, 5.74) is 8.78. The first kappa shape index (κ1) is 12.6. The van der Waals surface area contributed by atoms with Gasteiger partial charge in [0.1, 0.15) is 12.1 Å². The van der Waals surface area contributed by atoms with Crippen LogP contribution in [0.25, 0.3) is 0 Å². The number of nitrogens with two attached hydrogens (primary N) is 1. The first-order chi connectivity index (χ1) is 9.59. The maximum Gasteiger partial charge on any atom is 0.130 e. The lowest BCUT2D eigenvalue weighted by Crippen LogP contribution is -2.58. The molecule has 108 valence electrons. The zero-order chi connectivity index (χ0) is 13.9. The van der Waals surface area contributed by atoms with Gasteiger partial charge in [0.25, 0.3) is 0 Å². The van der Waals surface area contributed by atoms with E-state index in [0.29, 0.717) is 17.8 Å². The molecule has 2 fully saturated rings.